The molecular weight excluding hydrogens is 448 g/mol. The Labute approximate surface area is 194 Å². The molecule has 0 aromatic heterocycles. The van der Waals surface area contributed by atoms with Gasteiger partial charge in [-0.1, -0.05) is 39.8 Å². The zero-order valence-electron chi connectivity index (χ0n) is 19.6. The van der Waals surface area contributed by atoms with Gasteiger partial charge in [-0.2, -0.15) is 0 Å². The highest BCUT2D eigenvalue weighted by Gasteiger charge is 2.16. The summed E-state index contributed by atoms with van der Waals surface area (Å²) >= 11 is 0. The van der Waals surface area contributed by atoms with E-state index in [1.54, 1.807) is 10.8 Å². The van der Waals surface area contributed by atoms with Crippen molar-refractivity contribution in [1.29, 1.82) is 0 Å². The highest BCUT2D eigenvalue weighted by atomic mass is 32.2. The molecule has 2 aromatic carbocycles. The summed E-state index contributed by atoms with van der Waals surface area (Å²) in [5, 5.41) is 5.95. The summed E-state index contributed by atoms with van der Waals surface area (Å²) in [5.41, 5.74) is 2.33. The number of amides is 1. The predicted octanol–water partition coefficient (Wildman–Crippen LogP) is 4.79. The molecular formula is C24H31F2N3O3S. The molecule has 0 fully saturated rings. The van der Waals surface area contributed by atoms with Gasteiger partial charge in [0.2, 0.25) is 15.9 Å². The predicted molar refractivity (Wildman–Crippen MR) is 130 cm³/mol. The first-order valence-corrected chi connectivity index (χ1v) is 12.5. The van der Waals surface area contributed by atoms with Crippen molar-refractivity contribution in [2.45, 2.75) is 46.1 Å². The molecule has 0 radical (unpaired) electrons. The first-order chi connectivity index (χ1) is 15.3. The molecule has 33 heavy (non-hydrogen) atoms. The van der Waals surface area contributed by atoms with E-state index in [1.165, 1.54) is 11.6 Å². The second-order valence-corrected chi connectivity index (χ2v) is 10.6. The van der Waals surface area contributed by atoms with E-state index in [0.29, 0.717) is 0 Å². The fraction of sp³-hybridized carbons (Fsp3) is 0.375. The van der Waals surface area contributed by atoms with Crippen molar-refractivity contribution in [3.8, 4) is 0 Å². The van der Waals surface area contributed by atoms with Gasteiger partial charge in [-0.15, -0.1) is 0 Å². The Bertz CT molecular complexity index is 1120. The highest BCUT2D eigenvalue weighted by Crippen LogP contribution is 2.28. The third-order valence-electron chi connectivity index (χ3n) is 4.76. The molecule has 3 N–H and O–H groups in total. The third-order valence-corrected chi connectivity index (χ3v) is 5.33. The van der Waals surface area contributed by atoms with Crippen molar-refractivity contribution in [3.05, 3.63) is 64.7 Å². The minimum Gasteiger partial charge on any atom is -0.385 e. The van der Waals surface area contributed by atoms with E-state index < -0.39 is 33.3 Å². The maximum absolute atomic E-state index is 14.1. The monoisotopic (exact) mass is 479 g/mol. The highest BCUT2D eigenvalue weighted by molar-refractivity contribution is 7.92. The lowest BCUT2D eigenvalue weighted by atomic mass is 9.86. The Morgan fingerprint density at radius 3 is 2.27 bits per heavy atom. The van der Waals surface area contributed by atoms with E-state index >= 15 is 0 Å². The zero-order chi connectivity index (χ0) is 24.8. The molecule has 0 unspecified atom stereocenters. The number of hydrogen-bond acceptors (Lipinski definition) is 4. The number of anilines is 2. The second-order valence-electron chi connectivity index (χ2n) is 8.84. The van der Waals surface area contributed by atoms with E-state index in [1.807, 2.05) is 12.1 Å². The van der Waals surface area contributed by atoms with E-state index in [2.05, 4.69) is 44.4 Å². The van der Waals surface area contributed by atoms with Crippen LogP contribution in [0.5, 0.6) is 0 Å². The van der Waals surface area contributed by atoms with Crippen molar-refractivity contribution in [2.24, 2.45) is 0 Å². The quantitative estimate of drug-likeness (QED) is 0.452. The lowest BCUT2D eigenvalue weighted by molar-refractivity contribution is -0.116. The summed E-state index contributed by atoms with van der Waals surface area (Å²) in [6.45, 7) is 9.13. The molecule has 6 nitrogen and oxygen atoms in total. The van der Waals surface area contributed by atoms with Gasteiger partial charge in [0.05, 0.1) is 6.26 Å². The summed E-state index contributed by atoms with van der Waals surface area (Å²) in [6.07, 6.45) is 4.79. The molecule has 0 aliphatic rings. The van der Waals surface area contributed by atoms with Gasteiger partial charge < -0.3 is 10.6 Å². The number of carbonyl (C=O) groups excluding carboxylic acids is 1. The van der Waals surface area contributed by atoms with Crippen molar-refractivity contribution >= 4 is 33.4 Å². The zero-order valence-corrected chi connectivity index (χ0v) is 20.4. The minimum absolute atomic E-state index is 0.0147. The normalized spacial score (nSPS) is 12.1. The number of sulfonamides is 1. The van der Waals surface area contributed by atoms with Gasteiger partial charge in [0.25, 0.3) is 0 Å². The van der Waals surface area contributed by atoms with Gasteiger partial charge in [0.1, 0.15) is 5.69 Å². The van der Waals surface area contributed by atoms with Crippen molar-refractivity contribution in [1.82, 2.24) is 5.32 Å². The van der Waals surface area contributed by atoms with Gasteiger partial charge in [-0.25, -0.2) is 17.2 Å². The van der Waals surface area contributed by atoms with Crippen LogP contribution in [-0.4, -0.2) is 27.1 Å². The number of hydrogen-bond donors (Lipinski definition) is 3. The average molecular weight is 480 g/mol. The first-order valence-electron chi connectivity index (χ1n) is 10.6. The molecule has 2 aromatic rings. The summed E-state index contributed by atoms with van der Waals surface area (Å²) < 4.78 is 52.5. The van der Waals surface area contributed by atoms with E-state index in [4.69, 9.17) is 0 Å². The molecule has 0 bridgehead atoms. The van der Waals surface area contributed by atoms with Crippen LogP contribution in [0.4, 0.5) is 20.2 Å². The van der Waals surface area contributed by atoms with Gasteiger partial charge in [0.15, 0.2) is 11.6 Å². The van der Waals surface area contributed by atoms with Crippen molar-refractivity contribution in [3.63, 3.8) is 0 Å². The standard InChI is InChI=1S/C24H31F2N3O3S/c1-6-11-27-21-14-18(24(2,3)4)9-7-17(21)8-10-22(30)28-15-16-12-19(25)23(20(26)13-16)29-33(5,31)32/h7-10,12-14,27,29H,6,11,15H2,1-5H3,(H,28,30)/b10-8+. The smallest absolute Gasteiger partial charge is 0.244 e. The average Bonchev–Trinajstić information content (AvgIpc) is 2.70. The summed E-state index contributed by atoms with van der Waals surface area (Å²) in [7, 11) is -3.83. The number of benzene rings is 2. The van der Waals surface area contributed by atoms with Gasteiger partial charge >= 0.3 is 0 Å². The molecule has 0 spiro atoms. The molecule has 2 rings (SSSR count). The first kappa shape index (κ1) is 26.3. The van der Waals surface area contributed by atoms with Crippen LogP contribution in [0, 0.1) is 11.6 Å². The SMILES string of the molecule is CCCNc1cc(C(C)(C)C)ccc1/C=C/C(=O)NCc1cc(F)c(NS(C)(=O)=O)c(F)c1. The molecule has 9 heteroatoms. The Hall–Kier alpha value is -2.94. The topological polar surface area (TPSA) is 87.3 Å². The fourth-order valence-electron chi connectivity index (χ4n) is 3.01. The van der Waals surface area contributed by atoms with Crippen LogP contribution in [0.25, 0.3) is 6.08 Å². The maximum atomic E-state index is 14.1. The largest absolute Gasteiger partial charge is 0.385 e. The Kier molecular flexibility index (Phi) is 8.60. The molecule has 0 aliphatic carbocycles. The van der Waals surface area contributed by atoms with Gasteiger partial charge in [0, 0.05) is 24.9 Å². The van der Waals surface area contributed by atoms with Crippen molar-refractivity contribution < 1.29 is 22.0 Å². The Morgan fingerprint density at radius 2 is 1.73 bits per heavy atom. The van der Waals surface area contributed by atoms with E-state index in [-0.39, 0.29) is 17.5 Å². The van der Waals surface area contributed by atoms with E-state index in [9.17, 15) is 22.0 Å². The fourth-order valence-corrected chi connectivity index (χ4v) is 3.57. The van der Waals surface area contributed by atoms with Gasteiger partial charge in [-0.3, -0.25) is 9.52 Å². The summed E-state index contributed by atoms with van der Waals surface area (Å²) in [6, 6.07) is 7.98. The molecule has 0 saturated carbocycles. The Balaban J connectivity index is 2.11. The van der Waals surface area contributed by atoms with Crippen LogP contribution >= 0.6 is 0 Å². The molecule has 0 aliphatic heterocycles. The van der Waals surface area contributed by atoms with Crippen LogP contribution in [-0.2, 0) is 26.8 Å². The summed E-state index contributed by atoms with van der Waals surface area (Å²) in [4.78, 5) is 12.3. The van der Waals surface area contributed by atoms with Crippen LogP contribution in [0.1, 0.15) is 50.8 Å². The maximum Gasteiger partial charge on any atom is 0.244 e. The molecule has 180 valence electrons. The van der Waals surface area contributed by atoms with Gasteiger partial charge in [-0.05, 0) is 52.8 Å². The minimum atomic E-state index is -3.83. The lowest BCUT2D eigenvalue weighted by Gasteiger charge is -2.21. The number of nitrogens with one attached hydrogen (secondary N) is 3. The van der Waals surface area contributed by atoms with Crippen molar-refractivity contribution in [2.75, 3.05) is 22.8 Å². The van der Waals surface area contributed by atoms with Crippen LogP contribution in [0.2, 0.25) is 0 Å². The molecule has 0 atom stereocenters. The molecule has 1 amide bonds. The molecule has 0 saturated heterocycles. The third kappa shape index (κ3) is 8.16. The number of carbonyl (C=O) groups is 1. The number of halogens is 2. The lowest BCUT2D eigenvalue weighted by Crippen LogP contribution is -2.21. The Morgan fingerprint density at radius 1 is 1.09 bits per heavy atom. The van der Waals surface area contributed by atoms with Crippen LogP contribution < -0.4 is 15.4 Å². The second kappa shape index (κ2) is 10.8. The van der Waals surface area contributed by atoms with Crippen LogP contribution in [0.3, 0.4) is 0 Å². The van der Waals surface area contributed by atoms with Crippen LogP contribution in [0.15, 0.2) is 36.4 Å². The summed E-state index contributed by atoms with van der Waals surface area (Å²) in [5.74, 6) is -2.56. The van der Waals surface area contributed by atoms with E-state index in [0.717, 1.165) is 42.6 Å². The number of rotatable bonds is 9. The molecule has 0 heterocycles.